The van der Waals surface area contributed by atoms with Gasteiger partial charge in [0.1, 0.15) is 11.9 Å². The standard InChI is InChI=1S/C28H36O4/c1-27-14-12-20(29)16-19(27)17-23(32-25(31)11-8-18-6-4-3-5-7-18)26-21-9-10-24(30)28(21,2)15-13-22(26)27/h3-7,17,20-23,26,29H,8-16H2,1-2H3/t20-,21-,22-,23-,26-,27-,28-/m0/s1. The fraction of sp³-hybridized carbons (Fsp3) is 0.643. The molecule has 172 valence electrons. The first-order valence-electron chi connectivity index (χ1n) is 12.5. The Morgan fingerprint density at radius 2 is 1.78 bits per heavy atom. The predicted octanol–water partition coefficient (Wildman–Crippen LogP) is 5.03. The first-order valence-corrected chi connectivity index (χ1v) is 12.5. The van der Waals surface area contributed by atoms with Crippen LogP contribution in [0.5, 0.6) is 0 Å². The average Bonchev–Trinajstić information content (AvgIpc) is 3.09. The maximum atomic E-state index is 12.9. The van der Waals surface area contributed by atoms with Crippen LogP contribution < -0.4 is 0 Å². The number of Topliss-reactive ketones (excluding diaryl/α,β-unsaturated/α-hetero) is 1. The summed E-state index contributed by atoms with van der Waals surface area (Å²) in [6.07, 6.45) is 8.64. The van der Waals surface area contributed by atoms with Gasteiger partial charge in [0.25, 0.3) is 0 Å². The smallest absolute Gasteiger partial charge is 0.306 e. The molecule has 4 heteroatoms. The van der Waals surface area contributed by atoms with Crippen molar-refractivity contribution in [1.82, 2.24) is 0 Å². The summed E-state index contributed by atoms with van der Waals surface area (Å²) in [4.78, 5) is 25.8. The first-order chi connectivity index (χ1) is 15.3. The van der Waals surface area contributed by atoms with E-state index in [0.29, 0.717) is 37.4 Å². The Kier molecular flexibility index (Phi) is 5.56. The summed E-state index contributed by atoms with van der Waals surface area (Å²) >= 11 is 0. The van der Waals surface area contributed by atoms with Gasteiger partial charge in [0.15, 0.2) is 0 Å². The van der Waals surface area contributed by atoms with Crippen LogP contribution in [0.25, 0.3) is 0 Å². The number of benzene rings is 1. The Hall–Kier alpha value is -1.94. The molecular weight excluding hydrogens is 400 g/mol. The van der Waals surface area contributed by atoms with E-state index in [4.69, 9.17) is 4.74 Å². The minimum atomic E-state index is -0.303. The number of hydrogen-bond acceptors (Lipinski definition) is 4. The largest absolute Gasteiger partial charge is 0.458 e. The van der Waals surface area contributed by atoms with E-state index in [2.05, 4.69) is 19.9 Å². The van der Waals surface area contributed by atoms with Gasteiger partial charge in [-0.15, -0.1) is 0 Å². The van der Waals surface area contributed by atoms with Gasteiger partial charge in [-0.2, -0.15) is 0 Å². The van der Waals surface area contributed by atoms with E-state index in [1.807, 2.05) is 30.3 Å². The zero-order valence-electron chi connectivity index (χ0n) is 19.4. The van der Waals surface area contributed by atoms with Crippen LogP contribution in [0, 0.1) is 28.6 Å². The molecule has 3 fully saturated rings. The summed E-state index contributed by atoms with van der Waals surface area (Å²) in [5.41, 5.74) is 2.18. The number of rotatable bonds is 4. The molecule has 4 aliphatic rings. The molecule has 4 aliphatic carbocycles. The van der Waals surface area contributed by atoms with E-state index < -0.39 is 0 Å². The van der Waals surface area contributed by atoms with Crippen LogP contribution in [0.2, 0.25) is 0 Å². The number of aryl methyl sites for hydroxylation is 1. The van der Waals surface area contributed by atoms with Gasteiger partial charge in [-0.05, 0) is 73.8 Å². The van der Waals surface area contributed by atoms with Crippen molar-refractivity contribution in [2.45, 2.75) is 83.8 Å². The Labute approximate surface area is 191 Å². The lowest BCUT2D eigenvalue weighted by Crippen LogP contribution is -2.55. The van der Waals surface area contributed by atoms with Gasteiger partial charge in [0, 0.05) is 24.2 Å². The summed E-state index contributed by atoms with van der Waals surface area (Å²) < 4.78 is 6.19. The molecule has 0 bridgehead atoms. The van der Waals surface area contributed by atoms with Crippen molar-refractivity contribution in [2.24, 2.45) is 28.6 Å². The summed E-state index contributed by atoms with van der Waals surface area (Å²) in [5.74, 6) is 1.12. The van der Waals surface area contributed by atoms with Crippen molar-refractivity contribution in [2.75, 3.05) is 0 Å². The molecule has 7 atom stereocenters. The van der Waals surface area contributed by atoms with Gasteiger partial charge < -0.3 is 9.84 Å². The van der Waals surface area contributed by atoms with Crippen molar-refractivity contribution in [3.05, 3.63) is 47.5 Å². The molecule has 5 rings (SSSR count). The van der Waals surface area contributed by atoms with Crippen LogP contribution in [-0.4, -0.2) is 29.1 Å². The molecule has 1 N–H and O–H groups in total. The highest BCUT2D eigenvalue weighted by atomic mass is 16.5. The quantitative estimate of drug-likeness (QED) is 0.531. The van der Waals surface area contributed by atoms with Crippen LogP contribution >= 0.6 is 0 Å². The van der Waals surface area contributed by atoms with Gasteiger partial charge in [-0.1, -0.05) is 49.8 Å². The fourth-order valence-electron chi connectivity index (χ4n) is 7.59. The Morgan fingerprint density at radius 1 is 1.06 bits per heavy atom. The molecule has 32 heavy (non-hydrogen) atoms. The number of aliphatic hydroxyl groups excluding tert-OH is 1. The number of fused-ring (bicyclic) bond motifs is 5. The van der Waals surface area contributed by atoms with Crippen molar-refractivity contribution in [3.63, 3.8) is 0 Å². The van der Waals surface area contributed by atoms with Crippen LogP contribution in [0.1, 0.15) is 70.8 Å². The lowest BCUT2D eigenvalue weighted by molar-refractivity contribution is -0.160. The minimum Gasteiger partial charge on any atom is -0.458 e. The van der Waals surface area contributed by atoms with E-state index in [0.717, 1.165) is 37.7 Å². The highest BCUT2D eigenvalue weighted by Crippen LogP contribution is 2.64. The third kappa shape index (κ3) is 3.55. The van der Waals surface area contributed by atoms with Crippen LogP contribution in [0.15, 0.2) is 42.0 Å². The van der Waals surface area contributed by atoms with E-state index in [1.54, 1.807) is 0 Å². The molecule has 1 aromatic rings. The second-order valence-electron chi connectivity index (χ2n) is 11.2. The molecule has 0 aliphatic heterocycles. The lowest BCUT2D eigenvalue weighted by atomic mass is 9.47. The molecule has 0 spiro atoms. The monoisotopic (exact) mass is 436 g/mol. The SMILES string of the molecule is C[C@]12CC[C@H](O)CC1=C[C@H](OC(=O)CCc1ccccc1)[C@@H]1[C@@H]2CC[C@]2(C)C(=O)CC[C@@H]12. The van der Waals surface area contributed by atoms with Crippen molar-refractivity contribution >= 4 is 11.8 Å². The van der Waals surface area contributed by atoms with E-state index in [-0.39, 0.29) is 40.8 Å². The molecular formula is C28H36O4. The molecule has 0 radical (unpaired) electrons. The summed E-state index contributed by atoms with van der Waals surface area (Å²) in [5, 5.41) is 10.4. The second-order valence-corrected chi connectivity index (χ2v) is 11.2. The Morgan fingerprint density at radius 3 is 2.56 bits per heavy atom. The molecule has 3 saturated carbocycles. The summed E-state index contributed by atoms with van der Waals surface area (Å²) in [6.45, 7) is 4.51. The fourth-order valence-corrected chi connectivity index (χ4v) is 7.59. The summed E-state index contributed by atoms with van der Waals surface area (Å²) in [6, 6.07) is 10.0. The van der Waals surface area contributed by atoms with Crippen molar-refractivity contribution in [3.8, 4) is 0 Å². The topological polar surface area (TPSA) is 63.6 Å². The number of ether oxygens (including phenoxy) is 1. The highest BCUT2D eigenvalue weighted by Gasteiger charge is 2.61. The molecule has 0 amide bonds. The molecule has 0 aromatic heterocycles. The molecule has 0 saturated heterocycles. The Bertz CT molecular complexity index is 921. The van der Waals surface area contributed by atoms with Gasteiger partial charge in [0.05, 0.1) is 6.10 Å². The highest BCUT2D eigenvalue weighted by molar-refractivity contribution is 5.87. The lowest BCUT2D eigenvalue weighted by Gasteiger charge is -2.58. The van der Waals surface area contributed by atoms with E-state index in [9.17, 15) is 14.7 Å². The Balaban J connectivity index is 1.42. The summed E-state index contributed by atoms with van der Waals surface area (Å²) in [7, 11) is 0. The van der Waals surface area contributed by atoms with Crippen LogP contribution in [-0.2, 0) is 20.7 Å². The number of carbonyl (C=O) groups excluding carboxylic acids is 2. The van der Waals surface area contributed by atoms with E-state index in [1.165, 1.54) is 5.57 Å². The van der Waals surface area contributed by atoms with Gasteiger partial charge in [-0.3, -0.25) is 9.59 Å². The maximum Gasteiger partial charge on any atom is 0.306 e. The number of hydrogen-bond donors (Lipinski definition) is 1. The molecule has 0 unspecified atom stereocenters. The maximum absolute atomic E-state index is 12.9. The average molecular weight is 437 g/mol. The van der Waals surface area contributed by atoms with Crippen LogP contribution in [0.3, 0.4) is 0 Å². The van der Waals surface area contributed by atoms with Gasteiger partial charge in [-0.25, -0.2) is 0 Å². The van der Waals surface area contributed by atoms with Gasteiger partial charge >= 0.3 is 5.97 Å². The predicted molar refractivity (Wildman–Crippen MR) is 123 cm³/mol. The normalized spacial score (nSPS) is 40.7. The number of aliphatic hydroxyl groups is 1. The van der Waals surface area contributed by atoms with E-state index >= 15 is 0 Å². The van der Waals surface area contributed by atoms with Crippen molar-refractivity contribution < 1.29 is 19.4 Å². The molecule has 0 heterocycles. The second kappa shape index (κ2) is 8.13. The number of carbonyl (C=O) groups is 2. The first kappa shape index (κ1) is 21.9. The number of ketones is 1. The minimum absolute atomic E-state index is 0.0454. The molecule has 4 nitrogen and oxygen atoms in total. The molecule has 1 aromatic carbocycles. The zero-order chi connectivity index (χ0) is 22.5. The third-order valence-electron chi connectivity index (χ3n) is 9.52. The van der Waals surface area contributed by atoms with Crippen LogP contribution in [0.4, 0.5) is 0 Å². The zero-order valence-corrected chi connectivity index (χ0v) is 19.4. The third-order valence-corrected chi connectivity index (χ3v) is 9.52. The van der Waals surface area contributed by atoms with Gasteiger partial charge in [0.2, 0.25) is 0 Å². The number of esters is 1. The van der Waals surface area contributed by atoms with Crippen molar-refractivity contribution in [1.29, 1.82) is 0 Å².